The summed E-state index contributed by atoms with van der Waals surface area (Å²) >= 11 is 0. The molecule has 18 N–H and O–H groups in total. The fourth-order valence-corrected chi connectivity index (χ4v) is 7.72. The van der Waals surface area contributed by atoms with Crippen molar-refractivity contribution < 1.29 is 129 Å². The molecule has 5 aliphatic rings. The molecule has 0 aromatic carbocycles. The van der Waals surface area contributed by atoms with Crippen LogP contribution in [0.3, 0.4) is 0 Å². The first kappa shape index (κ1) is 51.9. The first-order valence-corrected chi connectivity index (χ1v) is 20.3. The van der Waals surface area contributed by atoms with Crippen LogP contribution in [0.25, 0.3) is 0 Å². The molecule has 0 spiro atoms. The van der Waals surface area contributed by atoms with Gasteiger partial charge in [-0.25, -0.2) is 0 Å². The van der Waals surface area contributed by atoms with E-state index in [2.05, 4.69) is 0 Å². The van der Waals surface area contributed by atoms with Crippen molar-refractivity contribution in [2.45, 2.75) is 173 Å². The Morgan fingerprint density at radius 2 is 0.661 bits per heavy atom. The van der Waals surface area contributed by atoms with E-state index in [1.807, 2.05) is 0 Å². The van der Waals surface area contributed by atoms with Crippen molar-refractivity contribution >= 4 is 0 Å². The van der Waals surface area contributed by atoms with Crippen LogP contribution < -0.4 is 5.73 Å². The van der Waals surface area contributed by atoms with Crippen molar-refractivity contribution in [1.82, 2.24) is 0 Å². The summed E-state index contributed by atoms with van der Waals surface area (Å²) < 4.78 is 56.7. The molecule has 5 rings (SSSR count). The first-order chi connectivity index (χ1) is 29.6. The summed E-state index contributed by atoms with van der Waals surface area (Å²) in [4.78, 5) is 0. The summed E-state index contributed by atoms with van der Waals surface area (Å²) in [6.45, 7) is -4.00. The van der Waals surface area contributed by atoms with E-state index in [0.29, 0.717) is 25.8 Å². The smallest absolute Gasteiger partial charge is 0.187 e. The normalized spacial score (nSPS) is 49.2. The largest absolute Gasteiger partial charge is 0.394 e. The molecule has 25 atom stereocenters. The fourth-order valence-electron chi connectivity index (χ4n) is 7.72. The number of unbranched alkanes of at least 4 members (excludes halogenated alkanes) is 2. The lowest BCUT2D eigenvalue weighted by molar-refractivity contribution is -0.407. The quantitative estimate of drug-likeness (QED) is 0.0535. The molecule has 27 nitrogen and oxygen atoms in total. The zero-order chi connectivity index (χ0) is 45.6. The minimum Gasteiger partial charge on any atom is -0.394 e. The minimum absolute atomic E-state index is 0.0761. The summed E-state index contributed by atoms with van der Waals surface area (Å²) in [6.07, 6.45) is -44.8. The van der Waals surface area contributed by atoms with Crippen LogP contribution in [0.4, 0.5) is 0 Å². The summed E-state index contributed by atoms with van der Waals surface area (Å²) in [7, 11) is 0. The first-order valence-electron chi connectivity index (χ1n) is 20.3. The number of aliphatic hydroxyl groups is 16. The molecule has 0 saturated carbocycles. The lowest BCUT2D eigenvalue weighted by Crippen LogP contribution is -2.68. The Kier molecular flexibility index (Phi) is 19.7. The van der Waals surface area contributed by atoms with Crippen molar-refractivity contribution in [2.24, 2.45) is 5.73 Å². The second kappa shape index (κ2) is 23.6. The summed E-state index contributed by atoms with van der Waals surface area (Å²) in [5.41, 5.74) is 5.52. The molecule has 0 amide bonds. The van der Waals surface area contributed by atoms with E-state index in [1.54, 1.807) is 0 Å². The van der Waals surface area contributed by atoms with Crippen LogP contribution in [-0.4, -0.2) is 281 Å². The van der Waals surface area contributed by atoms with Crippen LogP contribution >= 0.6 is 0 Å². The number of hydrogen-bond acceptors (Lipinski definition) is 27. The molecule has 0 aromatic rings. The van der Waals surface area contributed by atoms with E-state index >= 15 is 0 Å². The van der Waals surface area contributed by atoms with Crippen molar-refractivity contribution in [3.8, 4) is 0 Å². The number of aliphatic hydroxyl groups excluding tert-OH is 16. The van der Waals surface area contributed by atoms with E-state index < -0.39 is 187 Å². The van der Waals surface area contributed by atoms with Crippen LogP contribution in [0.2, 0.25) is 0 Å². The molecule has 5 aliphatic heterocycles. The van der Waals surface area contributed by atoms with Crippen LogP contribution in [0, 0.1) is 0 Å². The third kappa shape index (κ3) is 11.4. The van der Waals surface area contributed by atoms with Gasteiger partial charge < -0.3 is 135 Å². The van der Waals surface area contributed by atoms with Gasteiger partial charge in [0, 0.05) is 6.61 Å². The van der Waals surface area contributed by atoms with Gasteiger partial charge in [-0.1, -0.05) is 0 Å². The van der Waals surface area contributed by atoms with Gasteiger partial charge in [0.15, 0.2) is 31.5 Å². The second-order valence-corrected chi connectivity index (χ2v) is 15.6. The standard InChI is InChI=1S/C35H63NO26/c36-4-2-1-3-5-53-31-25(51)27(19(45)14(9-40)54-31)59-33-26(52)28(20(46)15(10-41)56-33)60-34-30(23(49)18(44)12(7-38)57-34)62-35-29(22(48)17(43)13(8-39)58-35)61-32-24(50)21(47)16(42)11(6-37)55-32/h11-35,37-52H,1-10,36H2/t11?,12?,13?,14?,15?,16-,17-,18-,19-,20-,21?,22?,23?,24?,25?,26?,27?,28?,29?,30?,31+,32-,33-,34-,35-/m1/s1. The van der Waals surface area contributed by atoms with Crippen molar-refractivity contribution in [3.05, 3.63) is 0 Å². The van der Waals surface area contributed by atoms with Gasteiger partial charge in [-0.05, 0) is 25.8 Å². The van der Waals surface area contributed by atoms with E-state index in [0.717, 1.165) is 0 Å². The molecule has 27 heteroatoms. The summed E-state index contributed by atoms with van der Waals surface area (Å²) in [6, 6.07) is 0. The molecule has 15 unspecified atom stereocenters. The van der Waals surface area contributed by atoms with E-state index in [4.69, 9.17) is 53.1 Å². The second-order valence-electron chi connectivity index (χ2n) is 15.6. The summed E-state index contributed by atoms with van der Waals surface area (Å²) in [5.74, 6) is 0. The Labute approximate surface area is 353 Å². The Hall–Kier alpha value is -1.08. The fraction of sp³-hybridized carbons (Fsp3) is 1.00. The Morgan fingerprint density at radius 1 is 0.323 bits per heavy atom. The van der Waals surface area contributed by atoms with Gasteiger partial charge in [0.05, 0.1) is 33.0 Å². The topological polar surface area (TPSA) is 442 Å². The van der Waals surface area contributed by atoms with Crippen molar-refractivity contribution in [2.75, 3.05) is 46.2 Å². The van der Waals surface area contributed by atoms with Gasteiger partial charge in [0.1, 0.15) is 122 Å². The lowest BCUT2D eigenvalue weighted by Gasteiger charge is -2.50. The molecule has 0 aliphatic carbocycles. The van der Waals surface area contributed by atoms with Gasteiger partial charge in [-0.3, -0.25) is 0 Å². The van der Waals surface area contributed by atoms with E-state index in [1.165, 1.54) is 0 Å². The van der Waals surface area contributed by atoms with E-state index in [9.17, 15) is 81.7 Å². The average molecular weight is 914 g/mol. The highest BCUT2D eigenvalue weighted by Crippen LogP contribution is 2.36. The third-order valence-corrected chi connectivity index (χ3v) is 11.4. The average Bonchev–Trinajstić information content (AvgIpc) is 3.26. The Bertz CT molecular complexity index is 1310. The number of hydrogen-bond donors (Lipinski definition) is 17. The molecule has 5 fully saturated rings. The molecule has 364 valence electrons. The zero-order valence-corrected chi connectivity index (χ0v) is 33.3. The zero-order valence-electron chi connectivity index (χ0n) is 33.3. The maximum atomic E-state index is 11.6. The third-order valence-electron chi connectivity index (χ3n) is 11.4. The maximum absolute atomic E-state index is 11.6. The van der Waals surface area contributed by atoms with Gasteiger partial charge in [-0.2, -0.15) is 0 Å². The monoisotopic (exact) mass is 913 g/mol. The molecular formula is C35H63NO26. The minimum atomic E-state index is -2.14. The SMILES string of the molecule is NCCCCCO[C@H]1OC(CO)[C@@H](O)C(O[C@H]2OC(CO)[C@@H](O)C(O[C@H]3OC(CO)[C@@H](O)C(O)C3O[C@H]3OC(CO)[C@@H](O)C(O)C3O[C@H]3OC(CO)[C@@H](O)C(O)C3O)C2O)C1O. The number of ether oxygens (including phenoxy) is 10. The molecular weight excluding hydrogens is 850 g/mol. The molecule has 0 aromatic heterocycles. The maximum Gasteiger partial charge on any atom is 0.187 e. The van der Waals surface area contributed by atoms with Gasteiger partial charge >= 0.3 is 0 Å². The number of nitrogens with two attached hydrogens (primary N) is 1. The summed E-state index contributed by atoms with van der Waals surface area (Å²) in [5, 5.41) is 170. The predicted molar refractivity (Wildman–Crippen MR) is 193 cm³/mol. The lowest BCUT2D eigenvalue weighted by atomic mass is 9.95. The molecule has 62 heavy (non-hydrogen) atoms. The van der Waals surface area contributed by atoms with Crippen molar-refractivity contribution in [1.29, 1.82) is 0 Å². The van der Waals surface area contributed by atoms with Gasteiger partial charge in [-0.15, -0.1) is 0 Å². The molecule has 0 bridgehead atoms. The van der Waals surface area contributed by atoms with Crippen LogP contribution in [0.5, 0.6) is 0 Å². The van der Waals surface area contributed by atoms with Gasteiger partial charge in [0.25, 0.3) is 0 Å². The predicted octanol–water partition coefficient (Wildman–Crippen LogP) is -10.8. The molecule has 0 radical (unpaired) electrons. The highest BCUT2D eigenvalue weighted by molar-refractivity contribution is 4.99. The van der Waals surface area contributed by atoms with Crippen LogP contribution in [-0.2, 0) is 47.4 Å². The highest BCUT2D eigenvalue weighted by atomic mass is 16.8. The Morgan fingerprint density at radius 3 is 1.11 bits per heavy atom. The number of rotatable bonds is 19. The Balaban J connectivity index is 1.39. The van der Waals surface area contributed by atoms with Crippen LogP contribution in [0.1, 0.15) is 19.3 Å². The van der Waals surface area contributed by atoms with Gasteiger partial charge in [0.2, 0.25) is 0 Å². The van der Waals surface area contributed by atoms with E-state index in [-0.39, 0.29) is 6.61 Å². The molecule has 5 heterocycles. The highest BCUT2D eigenvalue weighted by Gasteiger charge is 2.57. The van der Waals surface area contributed by atoms with Crippen molar-refractivity contribution in [3.63, 3.8) is 0 Å². The molecule has 5 saturated heterocycles. The van der Waals surface area contributed by atoms with Crippen LogP contribution in [0.15, 0.2) is 0 Å².